The summed E-state index contributed by atoms with van der Waals surface area (Å²) in [5.74, 6) is -1.51. The minimum Gasteiger partial charge on any atom is -0.619 e. The van der Waals surface area contributed by atoms with E-state index in [1.165, 1.54) is 18.3 Å². The van der Waals surface area contributed by atoms with Gasteiger partial charge in [-0.1, -0.05) is 0 Å². The zero-order valence-corrected chi connectivity index (χ0v) is 17.6. The molecule has 164 valence electrons. The van der Waals surface area contributed by atoms with Crippen molar-refractivity contribution in [2.45, 2.75) is 26.3 Å². The quantitative estimate of drug-likeness (QED) is 0.373. The van der Waals surface area contributed by atoms with Gasteiger partial charge in [0.25, 0.3) is 5.91 Å². The van der Waals surface area contributed by atoms with Crippen molar-refractivity contribution < 1.29 is 18.3 Å². The van der Waals surface area contributed by atoms with Crippen LogP contribution < -0.4 is 10.0 Å². The summed E-state index contributed by atoms with van der Waals surface area (Å²) in [6.07, 6.45) is 4.84. The van der Waals surface area contributed by atoms with Crippen LogP contribution in [-0.2, 0) is 5.54 Å². The van der Waals surface area contributed by atoms with Gasteiger partial charge in [0.2, 0.25) is 12.0 Å². The Bertz CT molecular complexity index is 1290. The summed E-state index contributed by atoms with van der Waals surface area (Å²) < 4.78 is 29.5. The third-order valence-electron chi connectivity index (χ3n) is 4.78. The Morgan fingerprint density at radius 3 is 2.56 bits per heavy atom. The highest BCUT2D eigenvalue weighted by Gasteiger charge is 2.25. The number of H-pyrrole nitrogens is 1. The molecule has 1 aromatic carbocycles. The van der Waals surface area contributed by atoms with Crippen molar-refractivity contribution in [2.75, 3.05) is 5.32 Å². The number of imidazole rings is 2. The van der Waals surface area contributed by atoms with E-state index in [1.807, 2.05) is 25.3 Å². The second-order valence-electron chi connectivity index (χ2n) is 8.14. The Hall–Kier alpha value is -4.08. The van der Waals surface area contributed by atoms with Gasteiger partial charge in [0.1, 0.15) is 17.2 Å². The molecule has 10 heteroatoms. The fraction of sp³-hybridized carbons (Fsp3) is 0.182. The van der Waals surface area contributed by atoms with Gasteiger partial charge in [-0.25, -0.2) is 14.4 Å². The molecule has 0 fully saturated rings. The largest absolute Gasteiger partial charge is 0.619 e. The minimum absolute atomic E-state index is 0.0185. The second-order valence-corrected chi connectivity index (χ2v) is 8.14. The number of carbonyl (C=O) groups excluding carboxylic acids is 1. The summed E-state index contributed by atoms with van der Waals surface area (Å²) in [4.78, 5) is 24.5. The molecule has 0 saturated carbocycles. The van der Waals surface area contributed by atoms with Gasteiger partial charge in [-0.05, 0) is 45.0 Å². The maximum Gasteiger partial charge on any atom is 0.275 e. The number of amides is 1. The lowest BCUT2D eigenvalue weighted by Gasteiger charge is -2.23. The molecule has 0 unspecified atom stereocenters. The molecule has 0 atom stereocenters. The summed E-state index contributed by atoms with van der Waals surface area (Å²) in [7, 11) is 0. The summed E-state index contributed by atoms with van der Waals surface area (Å²) in [5, 5.41) is 13.5. The van der Waals surface area contributed by atoms with Crippen LogP contribution in [0.5, 0.6) is 0 Å². The standard InChI is InChI=1S/C22H20F2N6O2/c1-22(2,3)30-12-26-18(13-4-6-14(23)7-5-13)19(30)20-25-10-17(27-20)21(31)28-16-8-9-29(32)11-15(16)24/h4-12H,1-3H3,(H,25,27)(H,28,31). The Labute approximate surface area is 182 Å². The van der Waals surface area contributed by atoms with E-state index in [2.05, 4.69) is 20.3 Å². The van der Waals surface area contributed by atoms with E-state index < -0.39 is 11.7 Å². The lowest BCUT2D eigenvalue weighted by atomic mass is 10.1. The summed E-state index contributed by atoms with van der Waals surface area (Å²) in [5.41, 5.74) is 1.38. The van der Waals surface area contributed by atoms with Gasteiger partial charge < -0.3 is 20.1 Å². The second kappa shape index (κ2) is 7.88. The molecule has 4 aromatic rings. The Morgan fingerprint density at radius 1 is 1.19 bits per heavy atom. The molecule has 0 aliphatic carbocycles. The number of hydrogen-bond acceptors (Lipinski definition) is 4. The van der Waals surface area contributed by atoms with Gasteiger partial charge >= 0.3 is 0 Å². The maximum atomic E-state index is 13.9. The molecule has 0 saturated heterocycles. The normalized spacial score (nSPS) is 11.5. The minimum atomic E-state index is -0.865. The van der Waals surface area contributed by atoms with E-state index in [4.69, 9.17) is 0 Å². The first-order chi connectivity index (χ1) is 15.1. The van der Waals surface area contributed by atoms with E-state index in [0.717, 1.165) is 12.3 Å². The number of nitrogens with zero attached hydrogens (tertiary/aromatic N) is 4. The third-order valence-corrected chi connectivity index (χ3v) is 4.78. The summed E-state index contributed by atoms with van der Waals surface area (Å²) in [6, 6.07) is 7.08. The highest BCUT2D eigenvalue weighted by molar-refractivity contribution is 6.03. The number of anilines is 1. The molecule has 0 aliphatic rings. The highest BCUT2D eigenvalue weighted by atomic mass is 19.1. The first-order valence-electron chi connectivity index (χ1n) is 9.72. The van der Waals surface area contributed by atoms with E-state index in [-0.39, 0.29) is 22.7 Å². The fourth-order valence-corrected chi connectivity index (χ4v) is 3.20. The molecular weight excluding hydrogens is 418 g/mol. The molecule has 0 radical (unpaired) electrons. The Balaban J connectivity index is 1.72. The van der Waals surface area contributed by atoms with Crippen LogP contribution in [0.25, 0.3) is 22.8 Å². The van der Waals surface area contributed by atoms with Gasteiger partial charge in [-0.2, -0.15) is 9.12 Å². The predicted octanol–water partition coefficient (Wildman–Crippen LogP) is 3.86. The number of halogens is 2. The van der Waals surface area contributed by atoms with Crippen LogP contribution in [-0.4, -0.2) is 25.4 Å². The average Bonchev–Trinajstić information content (AvgIpc) is 3.37. The maximum absolute atomic E-state index is 13.9. The van der Waals surface area contributed by atoms with Crippen molar-refractivity contribution in [3.05, 3.63) is 77.8 Å². The van der Waals surface area contributed by atoms with Crippen molar-refractivity contribution in [3.63, 3.8) is 0 Å². The number of rotatable bonds is 4. The van der Waals surface area contributed by atoms with E-state index >= 15 is 0 Å². The molecule has 2 N–H and O–H groups in total. The molecule has 1 amide bonds. The Morgan fingerprint density at radius 2 is 1.91 bits per heavy atom. The van der Waals surface area contributed by atoms with Gasteiger partial charge in [0.05, 0.1) is 17.7 Å². The first kappa shape index (κ1) is 21.2. The van der Waals surface area contributed by atoms with E-state index in [9.17, 15) is 18.8 Å². The van der Waals surface area contributed by atoms with Crippen molar-refractivity contribution >= 4 is 11.6 Å². The number of nitrogens with one attached hydrogen (secondary N) is 2. The molecule has 32 heavy (non-hydrogen) atoms. The molecule has 0 bridgehead atoms. The SMILES string of the molecule is CC(C)(C)n1cnc(-c2ccc(F)cc2)c1-c1nc(C(=O)Nc2cc[n+]([O-])cc2F)c[nH]1. The smallest absolute Gasteiger partial charge is 0.275 e. The van der Waals surface area contributed by atoms with Crippen LogP contribution in [0.15, 0.2) is 55.2 Å². The molecule has 0 aliphatic heterocycles. The molecule has 3 heterocycles. The van der Waals surface area contributed by atoms with Gasteiger partial charge in [0, 0.05) is 23.4 Å². The van der Waals surface area contributed by atoms with E-state index in [1.54, 1.807) is 18.5 Å². The average molecular weight is 438 g/mol. The summed E-state index contributed by atoms with van der Waals surface area (Å²) in [6.45, 7) is 5.97. The van der Waals surface area contributed by atoms with Crippen molar-refractivity contribution in [1.29, 1.82) is 0 Å². The fourth-order valence-electron chi connectivity index (χ4n) is 3.20. The molecule has 3 aromatic heterocycles. The molecule has 8 nitrogen and oxygen atoms in total. The zero-order chi connectivity index (χ0) is 23.0. The van der Waals surface area contributed by atoms with Crippen molar-refractivity contribution in [2.24, 2.45) is 0 Å². The van der Waals surface area contributed by atoms with Crippen LogP contribution in [0.4, 0.5) is 14.5 Å². The van der Waals surface area contributed by atoms with Gasteiger partial charge in [-0.3, -0.25) is 4.79 Å². The third kappa shape index (κ3) is 4.07. The van der Waals surface area contributed by atoms with Crippen molar-refractivity contribution in [1.82, 2.24) is 19.5 Å². The van der Waals surface area contributed by atoms with Gasteiger partial charge in [0.15, 0.2) is 12.0 Å². The summed E-state index contributed by atoms with van der Waals surface area (Å²) >= 11 is 0. The predicted molar refractivity (Wildman–Crippen MR) is 114 cm³/mol. The first-order valence-corrected chi connectivity index (χ1v) is 9.72. The number of aromatic nitrogens is 5. The lowest BCUT2D eigenvalue weighted by Crippen LogP contribution is -2.26. The number of benzene rings is 1. The number of hydrogen-bond donors (Lipinski definition) is 2. The lowest BCUT2D eigenvalue weighted by molar-refractivity contribution is -0.607. The molecular formula is C22H20F2N6O2. The number of pyridine rings is 1. The monoisotopic (exact) mass is 438 g/mol. The zero-order valence-electron chi connectivity index (χ0n) is 17.6. The molecule has 0 spiro atoms. The van der Waals surface area contributed by atoms with Gasteiger partial charge in [-0.15, -0.1) is 0 Å². The number of carbonyl (C=O) groups is 1. The van der Waals surface area contributed by atoms with Crippen LogP contribution in [0.3, 0.4) is 0 Å². The van der Waals surface area contributed by atoms with Crippen LogP contribution in [0.1, 0.15) is 31.3 Å². The van der Waals surface area contributed by atoms with Crippen LogP contribution in [0, 0.1) is 16.8 Å². The highest BCUT2D eigenvalue weighted by Crippen LogP contribution is 2.33. The molecule has 4 rings (SSSR count). The van der Waals surface area contributed by atoms with Crippen LogP contribution in [0.2, 0.25) is 0 Å². The topological polar surface area (TPSA) is 103 Å². The van der Waals surface area contributed by atoms with Crippen molar-refractivity contribution in [3.8, 4) is 22.8 Å². The van der Waals surface area contributed by atoms with Crippen LogP contribution >= 0.6 is 0 Å². The number of aromatic amines is 1. The van der Waals surface area contributed by atoms with E-state index in [0.29, 0.717) is 33.7 Å². The Kier molecular flexibility index (Phi) is 5.21.